The highest BCUT2D eigenvalue weighted by molar-refractivity contribution is 7.73. The van der Waals surface area contributed by atoms with Crippen molar-refractivity contribution in [2.24, 2.45) is 4.99 Å². The number of fused-ring (bicyclic) bond motifs is 1. The molecular weight excluding hydrogens is 376 g/mol. The molecule has 0 bridgehead atoms. The minimum absolute atomic E-state index is 0.0599. The fourth-order valence-electron chi connectivity index (χ4n) is 2.43. The number of rotatable bonds is 5. The van der Waals surface area contributed by atoms with Crippen LogP contribution in [0, 0.1) is 3.95 Å². The molecule has 26 heavy (non-hydrogen) atoms. The van der Waals surface area contributed by atoms with Gasteiger partial charge in [-0.1, -0.05) is 0 Å². The summed E-state index contributed by atoms with van der Waals surface area (Å²) in [7, 11) is 1.53. The molecule has 0 saturated heterocycles. The van der Waals surface area contributed by atoms with Gasteiger partial charge in [-0.25, -0.2) is 4.99 Å². The Labute approximate surface area is 156 Å². The van der Waals surface area contributed by atoms with Crippen molar-refractivity contribution in [3.8, 4) is 11.6 Å². The molecule has 1 aliphatic rings. The molecule has 0 radical (unpaired) electrons. The molecule has 2 aromatic rings. The minimum atomic E-state index is -0.987. The number of carbonyl (C=O) groups is 2. The molecular formula is C17H14N2O5S2. The smallest absolute Gasteiger partial charge is 0.305 e. The number of amides is 1. The van der Waals surface area contributed by atoms with E-state index in [9.17, 15) is 14.7 Å². The molecule has 3 rings (SSSR count). The molecule has 134 valence electrons. The summed E-state index contributed by atoms with van der Waals surface area (Å²) in [5, 5.41) is 20.4. The third-order valence-corrected chi connectivity index (χ3v) is 5.13. The van der Waals surface area contributed by atoms with Crippen molar-refractivity contribution in [1.29, 1.82) is 0 Å². The summed E-state index contributed by atoms with van der Waals surface area (Å²) in [5.41, 5.74) is 0.305. The van der Waals surface area contributed by atoms with Crippen molar-refractivity contribution >= 4 is 47.6 Å². The number of aromatic hydroxyl groups is 1. The molecule has 0 spiro atoms. The van der Waals surface area contributed by atoms with Gasteiger partial charge < -0.3 is 14.9 Å². The Morgan fingerprint density at radius 3 is 2.92 bits per heavy atom. The number of hydrogen-bond donors (Lipinski definition) is 2. The summed E-state index contributed by atoms with van der Waals surface area (Å²) in [6.45, 7) is 0.0599. The maximum absolute atomic E-state index is 12.3. The number of aromatic nitrogens is 1. The fraction of sp³-hybridized carbons (Fsp3) is 0.176. The highest BCUT2D eigenvalue weighted by atomic mass is 32.1. The van der Waals surface area contributed by atoms with Gasteiger partial charge in [-0.3, -0.25) is 14.2 Å². The Hall–Kier alpha value is -2.78. The van der Waals surface area contributed by atoms with Crippen LogP contribution >= 0.6 is 23.6 Å². The lowest BCUT2D eigenvalue weighted by atomic mass is 10.1. The van der Waals surface area contributed by atoms with E-state index in [0.29, 0.717) is 25.5 Å². The first-order valence-electron chi connectivity index (χ1n) is 7.54. The Morgan fingerprint density at radius 2 is 2.23 bits per heavy atom. The molecule has 2 N–H and O–H groups in total. The lowest BCUT2D eigenvalue weighted by Crippen LogP contribution is -2.30. The van der Waals surface area contributed by atoms with Crippen LogP contribution in [-0.2, 0) is 16.1 Å². The molecule has 2 heterocycles. The summed E-state index contributed by atoms with van der Waals surface area (Å²) in [6, 6.07) is 5.23. The van der Waals surface area contributed by atoms with Crippen molar-refractivity contribution in [2.75, 3.05) is 7.11 Å². The van der Waals surface area contributed by atoms with E-state index in [1.54, 1.807) is 24.3 Å². The van der Waals surface area contributed by atoms with Gasteiger partial charge in [0.05, 0.1) is 23.8 Å². The van der Waals surface area contributed by atoms with E-state index in [0.717, 1.165) is 16.6 Å². The van der Waals surface area contributed by atoms with Crippen LogP contribution in [0.15, 0.2) is 28.8 Å². The number of thiazole rings is 1. The molecule has 9 heteroatoms. The highest BCUT2D eigenvalue weighted by Crippen LogP contribution is 2.29. The van der Waals surface area contributed by atoms with E-state index in [-0.39, 0.29) is 18.8 Å². The van der Waals surface area contributed by atoms with Crippen molar-refractivity contribution in [1.82, 2.24) is 4.57 Å². The van der Waals surface area contributed by atoms with Gasteiger partial charge in [-0.15, -0.1) is 11.3 Å². The molecule has 0 aliphatic carbocycles. The van der Waals surface area contributed by atoms with Crippen LogP contribution in [0.1, 0.15) is 11.3 Å². The van der Waals surface area contributed by atoms with Crippen LogP contribution in [0.25, 0.3) is 12.2 Å². The van der Waals surface area contributed by atoms with E-state index in [1.165, 1.54) is 17.8 Å². The van der Waals surface area contributed by atoms with Gasteiger partial charge in [0.2, 0.25) is 5.88 Å². The second-order valence-corrected chi connectivity index (χ2v) is 7.11. The molecule has 0 saturated carbocycles. The summed E-state index contributed by atoms with van der Waals surface area (Å²) >= 11 is 6.27. The lowest BCUT2D eigenvalue weighted by Gasteiger charge is -2.05. The van der Waals surface area contributed by atoms with Gasteiger partial charge in [-0.2, -0.15) is 0 Å². The summed E-state index contributed by atoms with van der Waals surface area (Å²) in [4.78, 5) is 27.4. The number of carboxylic acids is 1. The summed E-state index contributed by atoms with van der Waals surface area (Å²) in [6.07, 6.45) is 3.02. The van der Waals surface area contributed by atoms with Crippen LogP contribution in [0.2, 0.25) is 0 Å². The van der Waals surface area contributed by atoms with Gasteiger partial charge in [0, 0.05) is 23.4 Å². The minimum Gasteiger partial charge on any atom is -0.497 e. The van der Waals surface area contributed by atoms with Gasteiger partial charge in [0.15, 0.2) is 3.95 Å². The normalized spacial score (nSPS) is 14.5. The van der Waals surface area contributed by atoms with Crippen LogP contribution in [0.4, 0.5) is 0 Å². The van der Waals surface area contributed by atoms with Crippen LogP contribution < -0.4 is 15.3 Å². The van der Waals surface area contributed by atoms with Crippen molar-refractivity contribution in [3.63, 3.8) is 0 Å². The average Bonchev–Trinajstić information content (AvgIpc) is 2.86. The predicted molar refractivity (Wildman–Crippen MR) is 98.3 cm³/mol. The van der Waals surface area contributed by atoms with Gasteiger partial charge in [0.25, 0.3) is 5.91 Å². The number of nitrogens with zero attached hydrogens (tertiary/aromatic N) is 2. The highest BCUT2D eigenvalue weighted by Gasteiger charge is 2.16. The van der Waals surface area contributed by atoms with Crippen molar-refractivity contribution in [2.45, 2.75) is 13.0 Å². The number of carboxylic acid groups (broad SMARTS) is 1. The number of hydrogen-bond acceptors (Lipinski definition) is 6. The van der Waals surface area contributed by atoms with Crippen LogP contribution in [-0.4, -0.2) is 33.8 Å². The Bertz CT molecular complexity index is 1110. The number of methoxy groups -OCH3 is 1. The molecule has 1 aromatic carbocycles. The number of benzene rings is 1. The SMILES string of the molecule is COc1ccc2c(c1)=NC(=O)C(=Cc1sc(=S)n(CCC(=O)O)c1O)C=2. The Balaban J connectivity index is 2.01. The molecule has 1 aliphatic heterocycles. The fourth-order valence-corrected chi connectivity index (χ4v) is 3.74. The number of aliphatic carboxylic acids is 1. The van der Waals surface area contributed by atoms with Crippen molar-refractivity contribution in [3.05, 3.63) is 43.2 Å². The maximum atomic E-state index is 12.3. The second-order valence-electron chi connectivity index (χ2n) is 5.44. The first kappa shape index (κ1) is 18.0. The van der Waals surface area contributed by atoms with E-state index in [4.69, 9.17) is 22.1 Å². The van der Waals surface area contributed by atoms with E-state index in [1.807, 2.05) is 0 Å². The summed E-state index contributed by atoms with van der Waals surface area (Å²) < 4.78 is 6.79. The zero-order chi connectivity index (χ0) is 18.8. The average molecular weight is 390 g/mol. The van der Waals surface area contributed by atoms with Gasteiger partial charge in [0.1, 0.15) is 5.75 Å². The maximum Gasteiger partial charge on any atom is 0.305 e. The lowest BCUT2D eigenvalue weighted by molar-refractivity contribution is -0.137. The molecule has 0 fully saturated rings. The second kappa shape index (κ2) is 7.22. The van der Waals surface area contributed by atoms with E-state index >= 15 is 0 Å². The third kappa shape index (κ3) is 3.58. The Kier molecular flexibility index (Phi) is 5.01. The van der Waals surface area contributed by atoms with Gasteiger partial charge in [-0.05, 0) is 36.5 Å². The number of carbonyl (C=O) groups excluding carboxylic acids is 1. The van der Waals surface area contributed by atoms with Crippen molar-refractivity contribution < 1.29 is 24.5 Å². The molecule has 1 amide bonds. The molecule has 1 aromatic heterocycles. The van der Waals surface area contributed by atoms with Crippen LogP contribution in [0.3, 0.4) is 0 Å². The quantitative estimate of drug-likeness (QED) is 0.593. The van der Waals surface area contributed by atoms with E-state index < -0.39 is 11.9 Å². The topological polar surface area (TPSA) is 101 Å². The predicted octanol–water partition coefficient (Wildman–Crippen LogP) is 1.49. The first-order valence-corrected chi connectivity index (χ1v) is 8.76. The molecule has 0 atom stereocenters. The Morgan fingerprint density at radius 1 is 1.46 bits per heavy atom. The monoisotopic (exact) mass is 390 g/mol. The molecule has 7 nitrogen and oxygen atoms in total. The largest absolute Gasteiger partial charge is 0.497 e. The zero-order valence-electron chi connectivity index (χ0n) is 13.6. The van der Waals surface area contributed by atoms with Gasteiger partial charge >= 0.3 is 5.97 Å². The van der Waals surface area contributed by atoms with Crippen LogP contribution in [0.5, 0.6) is 11.6 Å². The first-order chi connectivity index (χ1) is 12.4. The zero-order valence-corrected chi connectivity index (χ0v) is 15.3. The molecule has 0 unspecified atom stereocenters. The standard InChI is InChI=1S/C17H14N2O5S2/c1-24-11-3-2-9-6-10(15(22)18-12(9)8-11)7-13-16(23)19(17(25)26-13)5-4-14(20)21/h2-3,6-8,23H,4-5H2,1H3,(H,20,21). The summed E-state index contributed by atoms with van der Waals surface area (Å²) in [5.74, 6) is -0.983. The third-order valence-electron chi connectivity index (χ3n) is 3.75. The van der Waals surface area contributed by atoms with E-state index in [2.05, 4.69) is 4.99 Å². The number of ether oxygens (including phenoxy) is 1.